The maximum Gasteiger partial charge on any atom is 0.255 e. The summed E-state index contributed by atoms with van der Waals surface area (Å²) >= 11 is 9.09. The van der Waals surface area contributed by atoms with Crippen molar-refractivity contribution < 1.29 is 8.78 Å². The highest BCUT2D eigenvalue weighted by atomic mass is 79.9. The molecule has 2 nitrogen and oxygen atoms in total. The van der Waals surface area contributed by atoms with Gasteiger partial charge in [0, 0.05) is 24.3 Å². The van der Waals surface area contributed by atoms with Crippen LogP contribution >= 0.6 is 27.5 Å². The van der Waals surface area contributed by atoms with E-state index in [2.05, 4.69) is 20.9 Å². The van der Waals surface area contributed by atoms with Crippen molar-refractivity contribution >= 4 is 33.2 Å². The van der Waals surface area contributed by atoms with Crippen LogP contribution in [0.3, 0.4) is 0 Å². The van der Waals surface area contributed by atoms with Gasteiger partial charge in [-0.25, -0.2) is 8.78 Å². The second-order valence-corrected chi connectivity index (χ2v) is 4.05. The van der Waals surface area contributed by atoms with Crippen LogP contribution in [-0.2, 0) is 0 Å². The summed E-state index contributed by atoms with van der Waals surface area (Å²) < 4.78 is 24.6. The van der Waals surface area contributed by atoms with Gasteiger partial charge in [0.1, 0.15) is 0 Å². The Hall–Kier alpha value is -0.420. The molecule has 0 radical (unpaired) electrons. The summed E-state index contributed by atoms with van der Waals surface area (Å²) in [6.45, 7) is 0.156. The normalized spacial score (nSPS) is 10.7. The van der Waals surface area contributed by atoms with Gasteiger partial charge in [0.15, 0.2) is 0 Å². The molecule has 84 valence electrons. The molecular formula is C9H10BrClF2N2. The highest BCUT2D eigenvalue weighted by Crippen LogP contribution is 2.24. The van der Waals surface area contributed by atoms with Crippen molar-refractivity contribution in [2.75, 3.05) is 23.3 Å². The van der Waals surface area contributed by atoms with Gasteiger partial charge in [-0.3, -0.25) is 4.98 Å². The van der Waals surface area contributed by atoms with E-state index in [0.29, 0.717) is 22.6 Å². The molecule has 1 heterocycles. The van der Waals surface area contributed by atoms with Crippen LogP contribution in [0.5, 0.6) is 0 Å². The summed E-state index contributed by atoms with van der Waals surface area (Å²) in [5, 5.41) is 0.998. The molecule has 15 heavy (non-hydrogen) atoms. The summed E-state index contributed by atoms with van der Waals surface area (Å²) in [6, 6.07) is 1.63. The predicted octanol–water partition coefficient (Wildman–Crippen LogP) is 3.20. The Balaban J connectivity index is 2.83. The van der Waals surface area contributed by atoms with Crippen LogP contribution in [0.1, 0.15) is 0 Å². The van der Waals surface area contributed by atoms with Gasteiger partial charge in [0.25, 0.3) is 6.43 Å². The summed E-state index contributed by atoms with van der Waals surface area (Å²) in [5.74, 6) is 0. The number of hydrogen-bond donors (Lipinski definition) is 0. The fraction of sp³-hybridized carbons (Fsp3) is 0.444. The third kappa shape index (κ3) is 3.91. The van der Waals surface area contributed by atoms with Crippen LogP contribution in [0.25, 0.3) is 0 Å². The summed E-state index contributed by atoms with van der Waals surface area (Å²) in [5.41, 5.74) is 0.589. The number of nitrogens with zero attached hydrogens (tertiary/aromatic N) is 2. The lowest BCUT2D eigenvalue weighted by molar-refractivity contribution is 0.155. The number of alkyl halides is 3. The molecule has 0 atom stereocenters. The average Bonchev–Trinajstić information content (AvgIpc) is 2.17. The van der Waals surface area contributed by atoms with Crippen molar-refractivity contribution in [2.45, 2.75) is 6.43 Å². The maximum absolute atomic E-state index is 12.3. The zero-order valence-corrected chi connectivity index (χ0v) is 10.2. The van der Waals surface area contributed by atoms with E-state index in [-0.39, 0.29) is 6.54 Å². The zero-order chi connectivity index (χ0) is 11.3. The molecule has 0 bridgehead atoms. The molecular weight excluding hydrogens is 289 g/mol. The predicted molar refractivity (Wildman–Crippen MR) is 61.3 cm³/mol. The zero-order valence-electron chi connectivity index (χ0n) is 7.84. The summed E-state index contributed by atoms with van der Waals surface area (Å²) in [4.78, 5) is 5.34. The molecule has 0 N–H and O–H groups in total. The molecule has 1 aromatic rings. The van der Waals surface area contributed by atoms with E-state index in [9.17, 15) is 8.78 Å². The fourth-order valence-corrected chi connectivity index (χ4v) is 1.87. The highest BCUT2D eigenvalue weighted by Gasteiger charge is 2.14. The number of pyridine rings is 1. The van der Waals surface area contributed by atoms with E-state index in [1.807, 2.05) is 0 Å². The molecule has 0 spiro atoms. The van der Waals surface area contributed by atoms with Gasteiger partial charge in [-0.1, -0.05) is 27.5 Å². The van der Waals surface area contributed by atoms with E-state index < -0.39 is 6.43 Å². The van der Waals surface area contributed by atoms with Crippen molar-refractivity contribution in [3.05, 3.63) is 23.5 Å². The average molecular weight is 300 g/mol. The van der Waals surface area contributed by atoms with Gasteiger partial charge >= 0.3 is 0 Å². The standard InChI is InChI=1S/C9H10BrClF2N2/c10-2-4-15(6-9(12)13)8-1-3-14-5-7(8)11/h1,3,5,9H,2,4,6H2. The lowest BCUT2D eigenvalue weighted by atomic mass is 10.3. The summed E-state index contributed by atoms with van der Waals surface area (Å²) in [6.07, 6.45) is 0.602. The molecule has 0 aromatic carbocycles. The maximum atomic E-state index is 12.3. The molecule has 0 aliphatic carbocycles. The van der Waals surface area contributed by atoms with Gasteiger partial charge in [-0.2, -0.15) is 0 Å². The monoisotopic (exact) mass is 298 g/mol. The molecule has 0 aliphatic rings. The largest absolute Gasteiger partial charge is 0.364 e. The van der Waals surface area contributed by atoms with Crippen LogP contribution in [0.2, 0.25) is 5.02 Å². The molecule has 1 rings (SSSR count). The number of hydrogen-bond acceptors (Lipinski definition) is 2. The van der Waals surface area contributed by atoms with Crippen LogP contribution in [-0.4, -0.2) is 29.8 Å². The Labute approximate surface area is 100 Å². The van der Waals surface area contributed by atoms with Crippen LogP contribution < -0.4 is 4.90 Å². The number of anilines is 1. The molecule has 0 aliphatic heterocycles. The van der Waals surface area contributed by atoms with Crippen LogP contribution in [0.15, 0.2) is 18.5 Å². The second-order valence-electron chi connectivity index (χ2n) is 2.85. The third-order valence-corrected chi connectivity index (χ3v) is 2.45. The number of halogens is 4. The minimum Gasteiger partial charge on any atom is -0.364 e. The third-order valence-electron chi connectivity index (χ3n) is 1.80. The van der Waals surface area contributed by atoms with Crippen molar-refractivity contribution in [1.29, 1.82) is 0 Å². The molecule has 1 aromatic heterocycles. The summed E-state index contributed by atoms with van der Waals surface area (Å²) in [7, 11) is 0. The van der Waals surface area contributed by atoms with E-state index in [0.717, 1.165) is 0 Å². The molecule has 0 saturated heterocycles. The smallest absolute Gasteiger partial charge is 0.255 e. The van der Waals surface area contributed by atoms with Crippen LogP contribution in [0, 0.1) is 0 Å². The minimum absolute atomic E-state index is 0.324. The molecule has 0 saturated carbocycles. The van der Waals surface area contributed by atoms with Gasteiger partial charge in [0.2, 0.25) is 0 Å². The SMILES string of the molecule is FC(F)CN(CCBr)c1ccncc1Cl. The number of rotatable bonds is 5. The Morgan fingerprint density at radius 3 is 2.80 bits per heavy atom. The van der Waals surface area contributed by atoms with Crippen molar-refractivity contribution in [1.82, 2.24) is 4.98 Å². The first-order valence-corrected chi connectivity index (χ1v) is 5.83. The lowest BCUT2D eigenvalue weighted by Crippen LogP contribution is -2.30. The van der Waals surface area contributed by atoms with E-state index in [1.165, 1.54) is 17.3 Å². The lowest BCUT2D eigenvalue weighted by Gasteiger charge is -2.24. The van der Waals surface area contributed by atoms with Crippen molar-refractivity contribution in [2.24, 2.45) is 0 Å². The first-order valence-electron chi connectivity index (χ1n) is 4.33. The second kappa shape index (κ2) is 6.23. The van der Waals surface area contributed by atoms with Gasteiger partial charge < -0.3 is 4.90 Å². The van der Waals surface area contributed by atoms with Crippen LogP contribution in [0.4, 0.5) is 14.5 Å². The molecule has 0 unspecified atom stereocenters. The van der Waals surface area contributed by atoms with Crippen molar-refractivity contribution in [3.63, 3.8) is 0 Å². The fourth-order valence-electron chi connectivity index (χ4n) is 1.20. The Morgan fingerprint density at radius 1 is 1.53 bits per heavy atom. The Morgan fingerprint density at radius 2 is 2.27 bits per heavy atom. The van der Waals surface area contributed by atoms with Gasteiger partial charge in [-0.05, 0) is 6.07 Å². The van der Waals surface area contributed by atoms with Crippen molar-refractivity contribution in [3.8, 4) is 0 Å². The van der Waals surface area contributed by atoms with E-state index in [1.54, 1.807) is 6.07 Å². The first-order chi connectivity index (χ1) is 7.15. The van der Waals surface area contributed by atoms with E-state index >= 15 is 0 Å². The van der Waals surface area contributed by atoms with Gasteiger partial charge in [-0.15, -0.1) is 0 Å². The minimum atomic E-state index is -2.38. The highest BCUT2D eigenvalue weighted by molar-refractivity contribution is 9.09. The Kier molecular flexibility index (Phi) is 5.25. The Bertz CT molecular complexity index is 312. The quantitative estimate of drug-likeness (QED) is 0.776. The van der Waals surface area contributed by atoms with Gasteiger partial charge in [0.05, 0.1) is 17.3 Å². The van der Waals surface area contributed by atoms with E-state index in [4.69, 9.17) is 11.6 Å². The first kappa shape index (κ1) is 12.6. The number of aromatic nitrogens is 1. The topological polar surface area (TPSA) is 16.1 Å². The molecule has 0 amide bonds. The molecule has 0 fully saturated rings. The molecule has 6 heteroatoms.